The number of hydrogen-bond donors (Lipinski definition) is 0. The van der Waals surface area contributed by atoms with Crippen LogP contribution in [0.5, 0.6) is 0 Å². The Balaban J connectivity index is 4.25. The van der Waals surface area contributed by atoms with E-state index in [4.69, 9.17) is 4.74 Å². The molecule has 0 aliphatic rings. The van der Waals surface area contributed by atoms with E-state index in [2.05, 4.69) is 17.4 Å². The number of allylic oxidation sites excluding steroid dienone is 3. The molecule has 0 aliphatic carbocycles. The van der Waals surface area contributed by atoms with Gasteiger partial charge >= 0.3 is 11.9 Å². The van der Waals surface area contributed by atoms with Crippen molar-refractivity contribution in [1.29, 1.82) is 0 Å². The number of carbonyl (C=O) groups excluding carboxylic acids is 2. The van der Waals surface area contributed by atoms with Gasteiger partial charge in [0.15, 0.2) is 0 Å². The van der Waals surface area contributed by atoms with E-state index in [1.54, 1.807) is 0 Å². The van der Waals surface area contributed by atoms with Gasteiger partial charge in [-0.15, -0.1) is 6.58 Å². The van der Waals surface area contributed by atoms with E-state index in [0.29, 0.717) is 6.42 Å². The number of esters is 2. The van der Waals surface area contributed by atoms with E-state index in [-0.39, 0.29) is 18.4 Å². The maximum atomic E-state index is 11.3. The summed E-state index contributed by atoms with van der Waals surface area (Å²) in [6.45, 7) is 9.26. The summed E-state index contributed by atoms with van der Waals surface area (Å²) in [6, 6.07) is 0. The largest absolute Gasteiger partial charge is 0.469 e. The Bertz CT molecular complexity index is 369. The van der Waals surface area contributed by atoms with Gasteiger partial charge in [-0.1, -0.05) is 17.2 Å². The third kappa shape index (κ3) is 10.4. The highest BCUT2D eigenvalue weighted by molar-refractivity contribution is 5.71. The van der Waals surface area contributed by atoms with Gasteiger partial charge in [-0.05, 0) is 39.5 Å². The van der Waals surface area contributed by atoms with Crippen LogP contribution >= 0.6 is 0 Å². The number of ether oxygens (including phenoxy) is 2. The highest BCUT2D eigenvalue weighted by Crippen LogP contribution is 2.15. The van der Waals surface area contributed by atoms with E-state index in [1.807, 2.05) is 13.8 Å². The monoisotopic (exact) mass is 282 g/mol. The molecule has 0 spiro atoms. The first-order valence-corrected chi connectivity index (χ1v) is 6.89. The Morgan fingerprint density at radius 3 is 2.35 bits per heavy atom. The molecule has 0 unspecified atom stereocenters. The van der Waals surface area contributed by atoms with Crippen LogP contribution in [0.25, 0.3) is 0 Å². The van der Waals surface area contributed by atoms with Crippen LogP contribution in [0.4, 0.5) is 0 Å². The van der Waals surface area contributed by atoms with Crippen molar-refractivity contribution >= 4 is 11.9 Å². The lowest BCUT2D eigenvalue weighted by Crippen LogP contribution is -2.21. The molecule has 1 atom stereocenters. The van der Waals surface area contributed by atoms with E-state index < -0.39 is 6.10 Å². The van der Waals surface area contributed by atoms with Crippen molar-refractivity contribution in [3.8, 4) is 0 Å². The minimum atomic E-state index is -0.413. The van der Waals surface area contributed by atoms with Gasteiger partial charge in [-0.3, -0.25) is 9.59 Å². The number of hydrogen-bond acceptors (Lipinski definition) is 4. The number of carbonyl (C=O) groups is 2. The van der Waals surface area contributed by atoms with Crippen LogP contribution in [0, 0.1) is 0 Å². The molecule has 0 aliphatic heterocycles. The summed E-state index contributed by atoms with van der Waals surface area (Å²) in [5.41, 5.74) is 2.39. The molecule has 0 bridgehead atoms. The molecule has 0 N–H and O–H groups in total. The van der Waals surface area contributed by atoms with E-state index in [9.17, 15) is 9.59 Å². The number of methoxy groups -OCH3 is 1. The zero-order valence-electron chi connectivity index (χ0n) is 13.0. The Labute approximate surface area is 121 Å². The maximum absolute atomic E-state index is 11.3. The van der Waals surface area contributed by atoms with Crippen LogP contribution in [-0.4, -0.2) is 25.2 Å². The predicted molar refractivity (Wildman–Crippen MR) is 79.2 cm³/mol. The first kappa shape index (κ1) is 18.4. The summed E-state index contributed by atoms with van der Waals surface area (Å²) in [4.78, 5) is 22.3. The molecule has 0 saturated heterocycles. The van der Waals surface area contributed by atoms with Gasteiger partial charge in [0, 0.05) is 6.92 Å². The topological polar surface area (TPSA) is 52.6 Å². The van der Waals surface area contributed by atoms with E-state index >= 15 is 0 Å². The third-order valence-corrected chi connectivity index (χ3v) is 2.88. The maximum Gasteiger partial charge on any atom is 0.309 e. The number of rotatable bonds is 9. The van der Waals surface area contributed by atoms with Crippen molar-refractivity contribution in [3.05, 3.63) is 23.8 Å². The fourth-order valence-corrected chi connectivity index (χ4v) is 1.76. The van der Waals surface area contributed by atoms with E-state index in [0.717, 1.165) is 24.8 Å². The SMILES string of the molecule is C=C(C)CC/C=C(\C)CC[C@@H](CC(=O)OC)OC(C)=O. The lowest BCUT2D eigenvalue weighted by atomic mass is 10.0. The highest BCUT2D eigenvalue weighted by Gasteiger charge is 2.17. The Morgan fingerprint density at radius 1 is 1.20 bits per heavy atom. The normalized spacial score (nSPS) is 12.7. The molecule has 114 valence electrons. The molecule has 0 fully saturated rings. The van der Waals surface area contributed by atoms with Crippen LogP contribution in [0.1, 0.15) is 52.9 Å². The lowest BCUT2D eigenvalue weighted by Gasteiger charge is -2.16. The molecule has 20 heavy (non-hydrogen) atoms. The van der Waals surface area contributed by atoms with Gasteiger partial charge < -0.3 is 9.47 Å². The van der Waals surface area contributed by atoms with Gasteiger partial charge in [0.2, 0.25) is 0 Å². The van der Waals surface area contributed by atoms with Crippen molar-refractivity contribution < 1.29 is 19.1 Å². The fourth-order valence-electron chi connectivity index (χ4n) is 1.76. The summed E-state index contributed by atoms with van der Waals surface area (Å²) in [5, 5.41) is 0. The van der Waals surface area contributed by atoms with Gasteiger partial charge in [0.05, 0.1) is 13.5 Å². The second kappa shape index (κ2) is 10.2. The molecular weight excluding hydrogens is 256 g/mol. The molecule has 0 radical (unpaired) electrons. The summed E-state index contributed by atoms with van der Waals surface area (Å²) < 4.78 is 9.74. The molecule has 0 aromatic carbocycles. The molecule has 0 saturated carbocycles. The lowest BCUT2D eigenvalue weighted by molar-refractivity contribution is -0.152. The zero-order chi connectivity index (χ0) is 15.5. The van der Waals surface area contributed by atoms with Crippen molar-refractivity contribution in [3.63, 3.8) is 0 Å². The van der Waals surface area contributed by atoms with Gasteiger partial charge in [-0.2, -0.15) is 0 Å². The Hall–Kier alpha value is -1.58. The summed E-state index contributed by atoms with van der Waals surface area (Å²) in [6.07, 6.45) is 5.23. The molecule has 0 rings (SSSR count). The first-order valence-electron chi connectivity index (χ1n) is 6.89. The first-order chi connectivity index (χ1) is 9.35. The summed E-state index contributed by atoms with van der Waals surface area (Å²) in [7, 11) is 1.33. The molecular formula is C16H26O4. The van der Waals surface area contributed by atoms with Crippen LogP contribution in [-0.2, 0) is 19.1 Å². The highest BCUT2D eigenvalue weighted by atomic mass is 16.6. The van der Waals surface area contributed by atoms with Crippen molar-refractivity contribution in [2.75, 3.05) is 7.11 Å². The minimum absolute atomic E-state index is 0.106. The van der Waals surface area contributed by atoms with Gasteiger partial charge in [0.1, 0.15) is 6.10 Å². The predicted octanol–water partition coefficient (Wildman–Crippen LogP) is 3.56. The summed E-state index contributed by atoms with van der Waals surface area (Å²) in [5.74, 6) is -0.733. The van der Waals surface area contributed by atoms with Crippen molar-refractivity contribution in [1.82, 2.24) is 0 Å². The summed E-state index contributed by atoms with van der Waals surface area (Å²) >= 11 is 0. The standard InChI is InChI=1S/C16H26O4/c1-12(2)7-6-8-13(3)9-10-15(20-14(4)17)11-16(18)19-5/h8,15H,1,6-7,9-11H2,2-5H3/b13-8+/t15-/m0/s1. The molecule has 0 aromatic rings. The van der Waals surface area contributed by atoms with Crippen LogP contribution in [0.3, 0.4) is 0 Å². The fraction of sp³-hybridized carbons (Fsp3) is 0.625. The van der Waals surface area contributed by atoms with Crippen LogP contribution in [0.2, 0.25) is 0 Å². The van der Waals surface area contributed by atoms with Crippen molar-refractivity contribution in [2.24, 2.45) is 0 Å². The molecule has 4 nitrogen and oxygen atoms in total. The second-order valence-electron chi connectivity index (χ2n) is 5.10. The third-order valence-electron chi connectivity index (χ3n) is 2.88. The average molecular weight is 282 g/mol. The zero-order valence-corrected chi connectivity index (χ0v) is 13.0. The van der Waals surface area contributed by atoms with Gasteiger partial charge in [0.25, 0.3) is 0 Å². The molecule has 0 heterocycles. The molecule has 0 amide bonds. The quantitative estimate of drug-likeness (QED) is 0.479. The van der Waals surface area contributed by atoms with E-state index in [1.165, 1.54) is 19.6 Å². The molecule has 4 heteroatoms. The van der Waals surface area contributed by atoms with Gasteiger partial charge in [-0.25, -0.2) is 0 Å². The smallest absolute Gasteiger partial charge is 0.309 e. The second-order valence-corrected chi connectivity index (χ2v) is 5.10. The Morgan fingerprint density at radius 2 is 1.85 bits per heavy atom. The average Bonchev–Trinajstić information content (AvgIpc) is 2.34. The Kier molecular flexibility index (Phi) is 9.43. The van der Waals surface area contributed by atoms with Crippen LogP contribution in [0.15, 0.2) is 23.8 Å². The van der Waals surface area contributed by atoms with Crippen LogP contribution < -0.4 is 0 Å². The minimum Gasteiger partial charge on any atom is -0.469 e. The van der Waals surface area contributed by atoms with Crippen molar-refractivity contribution in [2.45, 2.75) is 59.0 Å². The molecule has 0 aromatic heterocycles.